The lowest BCUT2D eigenvalue weighted by molar-refractivity contribution is -0.138. The van der Waals surface area contributed by atoms with Crippen molar-refractivity contribution in [1.29, 1.82) is 0 Å². The van der Waals surface area contributed by atoms with E-state index in [0.29, 0.717) is 17.6 Å². The second kappa shape index (κ2) is 6.64. The molecule has 1 aliphatic heterocycles. The first-order valence-corrected chi connectivity index (χ1v) is 8.21. The molecule has 1 fully saturated rings. The van der Waals surface area contributed by atoms with E-state index in [-0.39, 0.29) is 5.37 Å². The second-order valence-corrected chi connectivity index (χ2v) is 7.11. The summed E-state index contributed by atoms with van der Waals surface area (Å²) < 4.78 is 0. The second-order valence-electron chi connectivity index (χ2n) is 5.94. The molecule has 0 aromatic heterocycles. The molecule has 3 atom stereocenters. The molecule has 110 valence electrons. The smallest absolute Gasteiger partial charge is 0.321 e. The molecule has 0 radical (unpaired) electrons. The van der Waals surface area contributed by atoms with Gasteiger partial charge in [0.15, 0.2) is 0 Å². The number of hydrogen-bond acceptors (Lipinski definition) is 3. The van der Waals surface area contributed by atoms with Crippen molar-refractivity contribution < 1.29 is 9.90 Å². The Morgan fingerprint density at radius 2 is 2.00 bits per heavy atom. The first-order chi connectivity index (χ1) is 9.47. The normalized spacial score (nSPS) is 24.0. The quantitative estimate of drug-likeness (QED) is 0.876. The van der Waals surface area contributed by atoms with Gasteiger partial charge in [-0.15, -0.1) is 11.8 Å². The van der Waals surface area contributed by atoms with Crippen LogP contribution in [0.15, 0.2) is 24.3 Å². The minimum Gasteiger partial charge on any atom is -0.480 e. The van der Waals surface area contributed by atoms with E-state index in [2.05, 4.69) is 50.4 Å². The molecule has 1 aromatic carbocycles. The van der Waals surface area contributed by atoms with E-state index in [1.165, 1.54) is 11.1 Å². The van der Waals surface area contributed by atoms with Crippen molar-refractivity contribution in [2.24, 2.45) is 5.92 Å². The summed E-state index contributed by atoms with van der Waals surface area (Å²) >= 11 is 1.70. The monoisotopic (exact) mass is 293 g/mol. The minimum atomic E-state index is -0.750. The fraction of sp³-hybridized carbons (Fsp3) is 0.562. The Bertz CT molecular complexity index is 458. The highest BCUT2D eigenvalue weighted by atomic mass is 32.2. The lowest BCUT2D eigenvalue weighted by Gasteiger charge is -2.20. The Morgan fingerprint density at radius 3 is 2.50 bits per heavy atom. The fourth-order valence-electron chi connectivity index (χ4n) is 2.53. The van der Waals surface area contributed by atoms with Crippen LogP contribution < -0.4 is 5.32 Å². The molecule has 0 amide bonds. The van der Waals surface area contributed by atoms with E-state index in [1.807, 2.05) is 0 Å². The van der Waals surface area contributed by atoms with Gasteiger partial charge in [-0.2, -0.15) is 0 Å². The third-order valence-corrected chi connectivity index (χ3v) is 5.14. The Balaban J connectivity index is 1.99. The van der Waals surface area contributed by atoms with E-state index in [0.717, 1.165) is 6.42 Å². The molecule has 0 aliphatic carbocycles. The maximum atomic E-state index is 11.0. The summed E-state index contributed by atoms with van der Waals surface area (Å²) in [7, 11) is 0. The molecule has 0 bridgehead atoms. The van der Waals surface area contributed by atoms with Gasteiger partial charge >= 0.3 is 5.97 Å². The molecule has 2 N–H and O–H groups in total. The predicted octanol–water partition coefficient (Wildman–Crippen LogP) is 3.10. The summed E-state index contributed by atoms with van der Waals surface area (Å²) in [5.74, 6) is 0.883. The van der Waals surface area contributed by atoms with Gasteiger partial charge in [0.25, 0.3) is 0 Å². The first kappa shape index (κ1) is 15.4. The van der Waals surface area contributed by atoms with Crippen LogP contribution in [0, 0.1) is 5.92 Å². The van der Waals surface area contributed by atoms with Gasteiger partial charge in [0, 0.05) is 11.7 Å². The van der Waals surface area contributed by atoms with Crippen LogP contribution in [0.3, 0.4) is 0 Å². The molecular weight excluding hydrogens is 270 g/mol. The molecule has 3 nitrogen and oxygen atoms in total. The standard InChI is InChI=1S/C16H23NO2S/c1-10(2)8-12-4-6-13(7-5-12)11(3)15-17-14(9-20-15)16(18)19/h4-7,10-11,14-15,17H,8-9H2,1-3H3,(H,18,19)/t11-,14?,15?/m0/s1. The third-order valence-electron chi connectivity index (χ3n) is 3.71. The van der Waals surface area contributed by atoms with Crippen molar-refractivity contribution >= 4 is 17.7 Å². The molecule has 0 spiro atoms. The summed E-state index contributed by atoms with van der Waals surface area (Å²) in [5.41, 5.74) is 2.64. The Kier molecular flexibility index (Phi) is 5.11. The van der Waals surface area contributed by atoms with Crippen molar-refractivity contribution in [1.82, 2.24) is 5.32 Å². The van der Waals surface area contributed by atoms with Gasteiger partial charge in [0.2, 0.25) is 0 Å². The maximum absolute atomic E-state index is 11.0. The number of hydrogen-bond donors (Lipinski definition) is 2. The summed E-state index contributed by atoms with van der Waals surface area (Å²) in [5, 5.41) is 12.4. The van der Waals surface area contributed by atoms with Crippen molar-refractivity contribution in [3.8, 4) is 0 Å². The average Bonchev–Trinajstić information content (AvgIpc) is 2.88. The lowest BCUT2D eigenvalue weighted by atomic mass is 9.96. The van der Waals surface area contributed by atoms with Crippen LogP contribution in [0.4, 0.5) is 0 Å². The number of benzene rings is 1. The van der Waals surface area contributed by atoms with Crippen molar-refractivity contribution in [2.75, 3.05) is 5.75 Å². The highest BCUT2D eigenvalue weighted by Gasteiger charge is 2.32. The van der Waals surface area contributed by atoms with Gasteiger partial charge in [-0.25, -0.2) is 0 Å². The fourth-order valence-corrected chi connectivity index (χ4v) is 3.87. The van der Waals surface area contributed by atoms with Crippen LogP contribution in [0.5, 0.6) is 0 Å². The zero-order chi connectivity index (χ0) is 14.7. The molecule has 1 aromatic rings. The zero-order valence-electron chi connectivity index (χ0n) is 12.3. The molecule has 1 aliphatic rings. The number of rotatable bonds is 5. The van der Waals surface area contributed by atoms with Gasteiger partial charge < -0.3 is 5.11 Å². The molecular formula is C16H23NO2S. The molecule has 1 heterocycles. The van der Waals surface area contributed by atoms with Crippen LogP contribution in [-0.2, 0) is 11.2 Å². The Labute approximate surface area is 125 Å². The predicted molar refractivity (Wildman–Crippen MR) is 84.2 cm³/mol. The van der Waals surface area contributed by atoms with E-state index in [4.69, 9.17) is 5.11 Å². The van der Waals surface area contributed by atoms with Crippen molar-refractivity contribution in [2.45, 2.75) is 44.5 Å². The topological polar surface area (TPSA) is 49.3 Å². The molecule has 4 heteroatoms. The van der Waals surface area contributed by atoms with Crippen LogP contribution >= 0.6 is 11.8 Å². The summed E-state index contributed by atoms with van der Waals surface area (Å²) in [4.78, 5) is 11.0. The van der Waals surface area contributed by atoms with E-state index < -0.39 is 12.0 Å². The lowest BCUT2D eigenvalue weighted by Crippen LogP contribution is -2.38. The largest absolute Gasteiger partial charge is 0.480 e. The highest BCUT2D eigenvalue weighted by molar-refractivity contribution is 8.00. The van der Waals surface area contributed by atoms with Gasteiger partial charge in [0.05, 0.1) is 5.37 Å². The number of thioether (sulfide) groups is 1. The Hall–Kier alpha value is -1.00. The van der Waals surface area contributed by atoms with Crippen molar-refractivity contribution in [3.05, 3.63) is 35.4 Å². The third kappa shape index (κ3) is 3.76. The number of aliphatic carboxylic acids is 1. The molecule has 20 heavy (non-hydrogen) atoms. The number of carboxylic acid groups (broad SMARTS) is 1. The minimum absolute atomic E-state index is 0.187. The zero-order valence-corrected chi connectivity index (χ0v) is 13.1. The van der Waals surface area contributed by atoms with E-state index in [9.17, 15) is 4.79 Å². The first-order valence-electron chi connectivity index (χ1n) is 7.16. The van der Waals surface area contributed by atoms with Gasteiger partial charge in [-0.05, 0) is 23.5 Å². The van der Waals surface area contributed by atoms with E-state index >= 15 is 0 Å². The number of carboxylic acids is 1. The van der Waals surface area contributed by atoms with Gasteiger partial charge in [0.1, 0.15) is 6.04 Å². The molecule has 1 saturated heterocycles. The summed E-state index contributed by atoms with van der Waals surface area (Å²) in [6.45, 7) is 6.61. The highest BCUT2D eigenvalue weighted by Crippen LogP contribution is 2.31. The Morgan fingerprint density at radius 1 is 1.35 bits per heavy atom. The SMILES string of the molecule is CC(C)Cc1ccc([C@H](C)C2NC(C(=O)O)CS2)cc1. The summed E-state index contributed by atoms with van der Waals surface area (Å²) in [6.07, 6.45) is 1.10. The van der Waals surface area contributed by atoms with E-state index in [1.54, 1.807) is 11.8 Å². The van der Waals surface area contributed by atoms with Gasteiger partial charge in [-0.3, -0.25) is 10.1 Å². The number of nitrogens with one attached hydrogen (secondary N) is 1. The van der Waals surface area contributed by atoms with Crippen LogP contribution in [0.1, 0.15) is 37.8 Å². The maximum Gasteiger partial charge on any atom is 0.321 e. The summed E-state index contributed by atoms with van der Waals surface area (Å²) in [6, 6.07) is 8.34. The molecule has 2 unspecified atom stereocenters. The van der Waals surface area contributed by atoms with Crippen LogP contribution in [-0.4, -0.2) is 28.2 Å². The van der Waals surface area contributed by atoms with Crippen molar-refractivity contribution in [3.63, 3.8) is 0 Å². The average molecular weight is 293 g/mol. The number of carbonyl (C=O) groups is 1. The van der Waals surface area contributed by atoms with Crippen LogP contribution in [0.2, 0.25) is 0 Å². The van der Waals surface area contributed by atoms with Crippen LogP contribution in [0.25, 0.3) is 0 Å². The molecule has 0 saturated carbocycles. The molecule has 2 rings (SSSR count). The van der Waals surface area contributed by atoms with Gasteiger partial charge in [-0.1, -0.05) is 45.0 Å².